The molecule has 0 bridgehead atoms. The molecule has 2 fully saturated rings. The number of ether oxygens (including phenoxy) is 1. The average Bonchev–Trinajstić information content (AvgIpc) is 3.24. The first kappa shape index (κ1) is 12.5. The summed E-state index contributed by atoms with van der Waals surface area (Å²) in [6.07, 6.45) is 2.84. The molecule has 1 aromatic carbocycles. The van der Waals surface area contributed by atoms with E-state index in [4.69, 9.17) is 10.5 Å². The van der Waals surface area contributed by atoms with Crippen LogP contribution in [0, 0.1) is 0 Å². The van der Waals surface area contributed by atoms with Crippen molar-refractivity contribution in [3.63, 3.8) is 0 Å². The fourth-order valence-corrected chi connectivity index (χ4v) is 2.81. The van der Waals surface area contributed by atoms with Crippen molar-refractivity contribution in [1.82, 2.24) is 4.90 Å². The molecule has 4 heteroatoms. The van der Waals surface area contributed by atoms with Gasteiger partial charge in [-0.05, 0) is 37.0 Å². The van der Waals surface area contributed by atoms with E-state index >= 15 is 0 Å². The minimum absolute atomic E-state index is 0.266. The molecule has 3 rings (SSSR count). The van der Waals surface area contributed by atoms with E-state index < -0.39 is 0 Å². The zero-order valence-corrected chi connectivity index (χ0v) is 11.1. The van der Waals surface area contributed by atoms with E-state index in [1.165, 1.54) is 0 Å². The zero-order valence-electron chi connectivity index (χ0n) is 11.1. The smallest absolute Gasteiger partial charge is 0.233 e. The Morgan fingerprint density at radius 2 is 1.89 bits per heavy atom. The molecule has 1 saturated carbocycles. The molecule has 1 heterocycles. The van der Waals surface area contributed by atoms with Gasteiger partial charge in [0.2, 0.25) is 5.91 Å². The normalized spacial score (nSPS) is 21.8. The number of nitrogens with zero attached hydrogens (tertiary/aromatic N) is 1. The van der Waals surface area contributed by atoms with Crippen LogP contribution in [0.5, 0.6) is 0 Å². The standard InChI is InChI=1S/C15H20N2O2/c16-13-4-2-12(3-5-13)15(6-7-15)14(18)17-8-1-10-19-11-9-17/h2-5H,1,6-11,16H2. The molecular formula is C15H20N2O2. The van der Waals surface area contributed by atoms with Crippen LogP contribution in [-0.2, 0) is 14.9 Å². The number of carbonyl (C=O) groups is 1. The minimum atomic E-state index is -0.280. The van der Waals surface area contributed by atoms with Gasteiger partial charge in [0.05, 0.1) is 12.0 Å². The van der Waals surface area contributed by atoms with E-state index in [-0.39, 0.29) is 11.3 Å². The maximum Gasteiger partial charge on any atom is 0.233 e. The third-order valence-electron chi connectivity index (χ3n) is 4.13. The fraction of sp³-hybridized carbons (Fsp3) is 0.533. The van der Waals surface area contributed by atoms with Crippen LogP contribution in [0.15, 0.2) is 24.3 Å². The number of carbonyl (C=O) groups excluding carboxylic acids is 1. The van der Waals surface area contributed by atoms with Gasteiger partial charge in [-0.15, -0.1) is 0 Å². The lowest BCUT2D eigenvalue weighted by molar-refractivity contribution is -0.134. The summed E-state index contributed by atoms with van der Waals surface area (Å²) in [6.45, 7) is 2.95. The highest BCUT2D eigenvalue weighted by atomic mass is 16.5. The summed E-state index contributed by atoms with van der Waals surface area (Å²) in [7, 11) is 0. The van der Waals surface area contributed by atoms with Gasteiger partial charge in [-0.3, -0.25) is 4.79 Å². The molecule has 19 heavy (non-hydrogen) atoms. The van der Waals surface area contributed by atoms with Crippen molar-refractivity contribution in [3.05, 3.63) is 29.8 Å². The maximum absolute atomic E-state index is 12.8. The Kier molecular flexibility index (Phi) is 3.19. The SMILES string of the molecule is Nc1ccc(C2(C(=O)N3CCCOCC3)CC2)cc1. The molecule has 0 atom stereocenters. The molecule has 1 amide bonds. The van der Waals surface area contributed by atoms with Crippen LogP contribution in [0.4, 0.5) is 5.69 Å². The van der Waals surface area contributed by atoms with Crippen LogP contribution >= 0.6 is 0 Å². The van der Waals surface area contributed by atoms with Crippen LogP contribution in [-0.4, -0.2) is 37.1 Å². The summed E-state index contributed by atoms with van der Waals surface area (Å²) in [5.74, 6) is 0.266. The summed E-state index contributed by atoms with van der Waals surface area (Å²) in [5, 5.41) is 0. The second kappa shape index (κ2) is 4.85. The van der Waals surface area contributed by atoms with Crippen LogP contribution in [0.25, 0.3) is 0 Å². The monoisotopic (exact) mass is 260 g/mol. The first-order valence-electron chi connectivity index (χ1n) is 6.95. The molecule has 2 aliphatic rings. The van der Waals surface area contributed by atoms with Crippen molar-refractivity contribution < 1.29 is 9.53 Å². The van der Waals surface area contributed by atoms with E-state index in [9.17, 15) is 4.79 Å². The molecule has 102 valence electrons. The highest BCUT2D eigenvalue weighted by molar-refractivity contribution is 5.91. The number of amides is 1. The minimum Gasteiger partial charge on any atom is -0.399 e. The number of hydrogen-bond donors (Lipinski definition) is 1. The third kappa shape index (κ3) is 2.32. The second-order valence-corrected chi connectivity index (χ2v) is 5.46. The molecule has 0 spiro atoms. The van der Waals surface area contributed by atoms with Crippen LogP contribution < -0.4 is 5.73 Å². The first-order chi connectivity index (χ1) is 9.22. The van der Waals surface area contributed by atoms with Crippen LogP contribution in [0.2, 0.25) is 0 Å². The Balaban J connectivity index is 1.80. The van der Waals surface area contributed by atoms with Gasteiger partial charge in [-0.25, -0.2) is 0 Å². The molecule has 4 nitrogen and oxygen atoms in total. The Labute approximate surface area is 113 Å². The lowest BCUT2D eigenvalue weighted by Crippen LogP contribution is -2.40. The van der Waals surface area contributed by atoms with Gasteiger partial charge in [0, 0.05) is 25.4 Å². The summed E-state index contributed by atoms with van der Waals surface area (Å²) in [4.78, 5) is 14.7. The van der Waals surface area contributed by atoms with Gasteiger partial charge in [0.25, 0.3) is 0 Å². The van der Waals surface area contributed by atoms with Crippen molar-refractivity contribution in [2.75, 3.05) is 32.0 Å². The van der Waals surface area contributed by atoms with E-state index in [1.54, 1.807) is 0 Å². The zero-order chi connectivity index (χ0) is 13.3. The van der Waals surface area contributed by atoms with E-state index in [1.807, 2.05) is 29.2 Å². The molecule has 1 aromatic rings. The summed E-state index contributed by atoms with van der Waals surface area (Å²) >= 11 is 0. The van der Waals surface area contributed by atoms with E-state index in [2.05, 4.69) is 0 Å². The van der Waals surface area contributed by atoms with Gasteiger partial charge >= 0.3 is 0 Å². The molecule has 0 radical (unpaired) electrons. The Morgan fingerprint density at radius 1 is 1.16 bits per heavy atom. The molecule has 0 unspecified atom stereocenters. The predicted octanol–water partition coefficient (Wildman–Crippen LogP) is 1.55. The first-order valence-corrected chi connectivity index (χ1v) is 6.95. The van der Waals surface area contributed by atoms with Gasteiger partial charge in [0.1, 0.15) is 0 Å². The highest BCUT2D eigenvalue weighted by Gasteiger charge is 2.52. The number of benzene rings is 1. The van der Waals surface area contributed by atoms with Crippen molar-refractivity contribution in [3.8, 4) is 0 Å². The Bertz CT molecular complexity index is 458. The fourth-order valence-electron chi connectivity index (χ4n) is 2.81. The van der Waals surface area contributed by atoms with Crippen molar-refractivity contribution in [1.29, 1.82) is 0 Å². The number of nitrogens with two attached hydrogens (primary N) is 1. The number of nitrogen functional groups attached to an aromatic ring is 1. The number of rotatable bonds is 2. The van der Waals surface area contributed by atoms with Gasteiger partial charge < -0.3 is 15.4 Å². The number of hydrogen-bond acceptors (Lipinski definition) is 3. The molecule has 2 N–H and O–H groups in total. The van der Waals surface area contributed by atoms with Crippen LogP contribution in [0.1, 0.15) is 24.8 Å². The van der Waals surface area contributed by atoms with Crippen molar-refractivity contribution in [2.24, 2.45) is 0 Å². The predicted molar refractivity (Wildman–Crippen MR) is 73.8 cm³/mol. The maximum atomic E-state index is 12.8. The Morgan fingerprint density at radius 3 is 2.58 bits per heavy atom. The highest BCUT2D eigenvalue weighted by Crippen LogP contribution is 2.49. The molecular weight excluding hydrogens is 240 g/mol. The van der Waals surface area contributed by atoms with E-state index in [0.717, 1.165) is 50.2 Å². The molecule has 1 aliphatic carbocycles. The number of anilines is 1. The van der Waals surface area contributed by atoms with Gasteiger partial charge in [-0.2, -0.15) is 0 Å². The summed E-state index contributed by atoms with van der Waals surface area (Å²) in [5.41, 5.74) is 7.29. The summed E-state index contributed by atoms with van der Waals surface area (Å²) < 4.78 is 5.42. The topological polar surface area (TPSA) is 55.6 Å². The van der Waals surface area contributed by atoms with E-state index in [0.29, 0.717) is 6.61 Å². The average molecular weight is 260 g/mol. The lowest BCUT2D eigenvalue weighted by Gasteiger charge is -2.26. The molecule has 0 aromatic heterocycles. The quantitative estimate of drug-likeness (QED) is 0.821. The van der Waals surface area contributed by atoms with Crippen molar-refractivity contribution >= 4 is 11.6 Å². The lowest BCUT2D eigenvalue weighted by atomic mass is 9.94. The largest absolute Gasteiger partial charge is 0.399 e. The molecule has 1 saturated heterocycles. The third-order valence-corrected chi connectivity index (χ3v) is 4.13. The second-order valence-electron chi connectivity index (χ2n) is 5.46. The Hall–Kier alpha value is -1.55. The van der Waals surface area contributed by atoms with Crippen LogP contribution in [0.3, 0.4) is 0 Å². The van der Waals surface area contributed by atoms with Gasteiger partial charge in [0.15, 0.2) is 0 Å². The van der Waals surface area contributed by atoms with Gasteiger partial charge in [-0.1, -0.05) is 12.1 Å². The summed E-state index contributed by atoms with van der Waals surface area (Å²) in [6, 6.07) is 7.76. The van der Waals surface area contributed by atoms with Crippen molar-refractivity contribution in [2.45, 2.75) is 24.7 Å². The molecule has 1 aliphatic heterocycles.